The average molecular weight is 248 g/mol. The Bertz CT molecular complexity index is 363. The van der Waals surface area contributed by atoms with Crippen molar-refractivity contribution in [3.63, 3.8) is 0 Å². The van der Waals surface area contributed by atoms with Crippen LogP contribution in [0.15, 0.2) is 30.3 Å². The first kappa shape index (κ1) is 12.9. The predicted molar refractivity (Wildman–Crippen MR) is 71.6 cm³/mol. The molecule has 4 nitrogen and oxygen atoms in total. The molecule has 0 heterocycles. The van der Waals surface area contributed by atoms with Gasteiger partial charge in [-0.2, -0.15) is 0 Å². The van der Waals surface area contributed by atoms with E-state index in [4.69, 9.17) is 4.74 Å². The number of rotatable bonds is 7. The molecule has 0 aromatic heterocycles. The molecule has 0 spiro atoms. The van der Waals surface area contributed by atoms with Crippen LogP contribution in [0, 0.1) is 5.92 Å². The van der Waals surface area contributed by atoms with Crippen molar-refractivity contribution in [3.05, 3.63) is 30.3 Å². The summed E-state index contributed by atoms with van der Waals surface area (Å²) in [5.74, 6) is 0.805. The third-order valence-corrected chi connectivity index (χ3v) is 2.83. The molecule has 98 valence electrons. The van der Waals surface area contributed by atoms with E-state index < -0.39 is 0 Å². The second kappa shape index (κ2) is 7.01. The van der Waals surface area contributed by atoms with E-state index in [1.54, 1.807) is 0 Å². The van der Waals surface area contributed by atoms with Gasteiger partial charge in [0.25, 0.3) is 0 Å². The number of hydrogen-bond donors (Lipinski definition) is 2. The normalized spacial score (nSPS) is 14.2. The van der Waals surface area contributed by atoms with Crippen molar-refractivity contribution in [2.24, 2.45) is 5.92 Å². The van der Waals surface area contributed by atoms with E-state index in [1.807, 2.05) is 30.3 Å². The maximum absolute atomic E-state index is 11.5. The SMILES string of the molecule is O=C(NCCCOCC1CC1)Nc1ccccc1. The topological polar surface area (TPSA) is 50.4 Å². The van der Waals surface area contributed by atoms with Gasteiger partial charge in [0, 0.05) is 25.4 Å². The first-order chi connectivity index (χ1) is 8.84. The molecule has 0 aliphatic heterocycles. The van der Waals surface area contributed by atoms with Crippen molar-refractivity contribution < 1.29 is 9.53 Å². The van der Waals surface area contributed by atoms with Gasteiger partial charge in [0.2, 0.25) is 0 Å². The van der Waals surface area contributed by atoms with Crippen LogP contribution in [0.2, 0.25) is 0 Å². The summed E-state index contributed by atoms with van der Waals surface area (Å²) in [5, 5.41) is 5.58. The van der Waals surface area contributed by atoms with E-state index in [0.717, 1.165) is 31.2 Å². The summed E-state index contributed by atoms with van der Waals surface area (Å²) in [5.41, 5.74) is 0.806. The fraction of sp³-hybridized carbons (Fsp3) is 0.500. The lowest BCUT2D eigenvalue weighted by atomic mass is 10.3. The molecule has 2 N–H and O–H groups in total. The number of para-hydroxylation sites is 1. The molecule has 2 amide bonds. The standard InChI is InChI=1S/C14H20N2O2/c17-14(16-13-5-2-1-3-6-13)15-9-4-10-18-11-12-7-8-12/h1-3,5-6,12H,4,7-11H2,(H2,15,16,17). The molecule has 4 heteroatoms. The van der Waals surface area contributed by atoms with Crippen molar-refractivity contribution in [2.75, 3.05) is 25.1 Å². The molecule has 0 unspecified atom stereocenters. The second-order valence-electron chi connectivity index (χ2n) is 4.62. The molecule has 2 rings (SSSR count). The molecular formula is C14H20N2O2. The first-order valence-electron chi connectivity index (χ1n) is 6.52. The quantitative estimate of drug-likeness (QED) is 0.729. The zero-order valence-electron chi connectivity index (χ0n) is 10.5. The highest BCUT2D eigenvalue weighted by Crippen LogP contribution is 2.28. The minimum atomic E-state index is -0.164. The van der Waals surface area contributed by atoms with Gasteiger partial charge in [-0.05, 0) is 37.3 Å². The van der Waals surface area contributed by atoms with Gasteiger partial charge in [-0.15, -0.1) is 0 Å². The van der Waals surface area contributed by atoms with E-state index in [9.17, 15) is 4.79 Å². The molecule has 1 aromatic carbocycles. The predicted octanol–water partition coefficient (Wildman–Crippen LogP) is 2.62. The highest BCUT2D eigenvalue weighted by atomic mass is 16.5. The summed E-state index contributed by atoms with van der Waals surface area (Å²) in [6.07, 6.45) is 3.49. The van der Waals surface area contributed by atoms with Crippen LogP contribution in [0.3, 0.4) is 0 Å². The third-order valence-electron chi connectivity index (χ3n) is 2.83. The number of benzene rings is 1. The van der Waals surface area contributed by atoms with E-state index >= 15 is 0 Å². The average Bonchev–Trinajstić information content (AvgIpc) is 3.19. The largest absolute Gasteiger partial charge is 0.381 e. The molecule has 0 saturated heterocycles. The van der Waals surface area contributed by atoms with Crippen molar-refractivity contribution in [1.82, 2.24) is 5.32 Å². The Balaban J connectivity index is 1.49. The fourth-order valence-electron chi connectivity index (χ4n) is 1.61. The van der Waals surface area contributed by atoms with Crippen molar-refractivity contribution >= 4 is 11.7 Å². The van der Waals surface area contributed by atoms with Crippen molar-refractivity contribution in [1.29, 1.82) is 0 Å². The maximum Gasteiger partial charge on any atom is 0.319 e. The lowest BCUT2D eigenvalue weighted by molar-refractivity contribution is 0.122. The van der Waals surface area contributed by atoms with Crippen LogP contribution in [0.1, 0.15) is 19.3 Å². The Morgan fingerprint density at radius 3 is 2.78 bits per heavy atom. The first-order valence-corrected chi connectivity index (χ1v) is 6.52. The minimum absolute atomic E-state index is 0.164. The van der Waals surface area contributed by atoms with Gasteiger partial charge in [0.05, 0.1) is 0 Å². The number of carbonyl (C=O) groups excluding carboxylic acids is 1. The van der Waals surface area contributed by atoms with Crippen molar-refractivity contribution in [3.8, 4) is 0 Å². The monoisotopic (exact) mass is 248 g/mol. The summed E-state index contributed by atoms with van der Waals surface area (Å²) < 4.78 is 5.49. The fourth-order valence-corrected chi connectivity index (χ4v) is 1.61. The molecule has 0 bridgehead atoms. The second-order valence-corrected chi connectivity index (χ2v) is 4.62. The smallest absolute Gasteiger partial charge is 0.319 e. The van der Waals surface area contributed by atoms with Crippen LogP contribution in [0.4, 0.5) is 10.5 Å². The van der Waals surface area contributed by atoms with E-state index in [-0.39, 0.29) is 6.03 Å². The Kier molecular flexibility index (Phi) is 5.02. The number of ether oxygens (including phenoxy) is 1. The highest BCUT2D eigenvalue weighted by Gasteiger charge is 2.20. The number of carbonyl (C=O) groups is 1. The van der Waals surface area contributed by atoms with Crippen LogP contribution < -0.4 is 10.6 Å². The highest BCUT2D eigenvalue weighted by molar-refractivity contribution is 5.89. The zero-order valence-corrected chi connectivity index (χ0v) is 10.5. The molecule has 1 saturated carbocycles. The molecule has 0 atom stereocenters. The number of anilines is 1. The van der Waals surface area contributed by atoms with Gasteiger partial charge in [0.15, 0.2) is 0 Å². The van der Waals surface area contributed by atoms with E-state index in [1.165, 1.54) is 12.8 Å². The molecule has 1 fully saturated rings. The van der Waals surface area contributed by atoms with Gasteiger partial charge < -0.3 is 15.4 Å². The van der Waals surface area contributed by atoms with E-state index in [2.05, 4.69) is 10.6 Å². The molecule has 1 aliphatic carbocycles. The van der Waals surface area contributed by atoms with Gasteiger partial charge in [-0.3, -0.25) is 0 Å². The van der Waals surface area contributed by atoms with E-state index in [0.29, 0.717) is 6.54 Å². The van der Waals surface area contributed by atoms with Crippen molar-refractivity contribution in [2.45, 2.75) is 19.3 Å². The summed E-state index contributed by atoms with van der Waals surface area (Å²) in [7, 11) is 0. The summed E-state index contributed by atoms with van der Waals surface area (Å²) in [4.78, 5) is 11.5. The van der Waals surface area contributed by atoms with Gasteiger partial charge in [-0.25, -0.2) is 4.79 Å². The lowest BCUT2D eigenvalue weighted by Gasteiger charge is -2.07. The Morgan fingerprint density at radius 1 is 1.28 bits per heavy atom. The van der Waals surface area contributed by atoms with Gasteiger partial charge in [0.1, 0.15) is 0 Å². The molecular weight excluding hydrogens is 228 g/mol. The summed E-state index contributed by atoms with van der Waals surface area (Å²) >= 11 is 0. The van der Waals surface area contributed by atoms with Crippen LogP contribution in [-0.4, -0.2) is 25.8 Å². The van der Waals surface area contributed by atoms with Crippen LogP contribution in [0.25, 0.3) is 0 Å². The van der Waals surface area contributed by atoms with Crippen LogP contribution >= 0.6 is 0 Å². The Hall–Kier alpha value is -1.55. The zero-order chi connectivity index (χ0) is 12.6. The Morgan fingerprint density at radius 2 is 2.06 bits per heavy atom. The van der Waals surface area contributed by atoms with Crippen LogP contribution in [-0.2, 0) is 4.74 Å². The summed E-state index contributed by atoms with van der Waals surface area (Å²) in [6.45, 7) is 2.25. The number of urea groups is 1. The molecule has 1 aromatic rings. The number of amides is 2. The molecule has 0 radical (unpaired) electrons. The third kappa shape index (κ3) is 5.19. The molecule has 1 aliphatic rings. The van der Waals surface area contributed by atoms with Crippen LogP contribution in [0.5, 0.6) is 0 Å². The Labute approximate surface area is 108 Å². The molecule has 18 heavy (non-hydrogen) atoms. The number of nitrogens with one attached hydrogen (secondary N) is 2. The minimum Gasteiger partial charge on any atom is -0.381 e. The summed E-state index contributed by atoms with van der Waals surface area (Å²) in [6, 6.07) is 9.25. The lowest BCUT2D eigenvalue weighted by Crippen LogP contribution is -2.30. The maximum atomic E-state index is 11.5. The van der Waals surface area contributed by atoms with Gasteiger partial charge in [-0.1, -0.05) is 18.2 Å². The van der Waals surface area contributed by atoms with Gasteiger partial charge >= 0.3 is 6.03 Å². The number of hydrogen-bond acceptors (Lipinski definition) is 2.